The average molecular weight is 441 g/mol. The molecule has 1 N–H and O–H groups in total. The van der Waals surface area contributed by atoms with E-state index in [0.29, 0.717) is 22.2 Å². The first-order valence-corrected chi connectivity index (χ1v) is 11.2. The Balaban J connectivity index is 2.04. The number of hydrogen-bond donors (Lipinski definition) is 1. The highest BCUT2D eigenvalue weighted by Gasteiger charge is 2.27. The summed E-state index contributed by atoms with van der Waals surface area (Å²) in [6.07, 6.45) is 0.774. The number of aryl methyl sites for hydroxylation is 2. The van der Waals surface area contributed by atoms with Gasteiger partial charge in [0.1, 0.15) is 16.3 Å². The summed E-state index contributed by atoms with van der Waals surface area (Å²) in [7, 11) is 0. The number of anilines is 1. The normalized spacial score (nSPS) is 12.1. The molecule has 0 aliphatic rings. The Labute approximate surface area is 186 Å². The molecule has 2 aromatic heterocycles. The summed E-state index contributed by atoms with van der Waals surface area (Å²) >= 11 is 1.34. The first-order chi connectivity index (χ1) is 14.7. The van der Waals surface area contributed by atoms with Gasteiger partial charge in [0.05, 0.1) is 6.10 Å². The van der Waals surface area contributed by atoms with Gasteiger partial charge in [-0.1, -0.05) is 43.3 Å². The van der Waals surface area contributed by atoms with Gasteiger partial charge in [0.2, 0.25) is 0 Å². The van der Waals surface area contributed by atoms with Crippen LogP contribution in [0.3, 0.4) is 0 Å². The van der Waals surface area contributed by atoms with Crippen molar-refractivity contribution >= 4 is 28.2 Å². The summed E-state index contributed by atoms with van der Waals surface area (Å²) in [4.78, 5) is 26.6. The van der Waals surface area contributed by atoms with Crippen molar-refractivity contribution in [2.75, 3.05) is 5.32 Å². The van der Waals surface area contributed by atoms with E-state index in [-0.39, 0.29) is 11.8 Å². The lowest BCUT2D eigenvalue weighted by Gasteiger charge is -2.13. The third-order valence-corrected chi connectivity index (χ3v) is 6.12. The highest BCUT2D eigenvalue weighted by Crippen LogP contribution is 2.41. The number of carbonyl (C=O) groups is 2. The number of thiophene rings is 1. The van der Waals surface area contributed by atoms with Crippen LogP contribution in [-0.4, -0.2) is 23.1 Å². The molecule has 1 unspecified atom stereocenters. The largest absolute Gasteiger partial charge is 0.459 e. The van der Waals surface area contributed by atoms with E-state index in [2.05, 4.69) is 36.5 Å². The minimum Gasteiger partial charge on any atom is -0.459 e. The molecule has 0 bridgehead atoms. The SMILES string of the molecule is CCC(C)c1ccc(-c2c(C)sc(NC(=O)c3cc(C)on3)c2C(=O)OC(C)C)cc1. The Morgan fingerprint density at radius 3 is 2.39 bits per heavy atom. The van der Waals surface area contributed by atoms with Crippen molar-refractivity contribution in [1.82, 2.24) is 5.16 Å². The quantitative estimate of drug-likeness (QED) is 0.433. The maximum Gasteiger partial charge on any atom is 0.342 e. The molecule has 0 fully saturated rings. The van der Waals surface area contributed by atoms with Crippen molar-refractivity contribution in [3.05, 3.63) is 57.8 Å². The summed E-state index contributed by atoms with van der Waals surface area (Å²) in [6, 6.07) is 9.78. The fourth-order valence-corrected chi connectivity index (χ4v) is 4.36. The van der Waals surface area contributed by atoms with Gasteiger partial charge in [-0.3, -0.25) is 4.79 Å². The molecular weight excluding hydrogens is 412 g/mol. The molecule has 7 heteroatoms. The number of hydrogen-bond acceptors (Lipinski definition) is 6. The maximum atomic E-state index is 13.0. The van der Waals surface area contributed by atoms with Crippen LogP contribution in [-0.2, 0) is 4.74 Å². The van der Waals surface area contributed by atoms with E-state index in [1.165, 1.54) is 16.9 Å². The molecule has 31 heavy (non-hydrogen) atoms. The van der Waals surface area contributed by atoms with Crippen molar-refractivity contribution in [2.45, 2.75) is 60.0 Å². The van der Waals surface area contributed by atoms with Crippen molar-refractivity contribution in [1.29, 1.82) is 0 Å². The fraction of sp³-hybridized carbons (Fsp3) is 0.375. The summed E-state index contributed by atoms with van der Waals surface area (Å²) in [5.74, 6) is 0.0974. The Morgan fingerprint density at radius 1 is 1.16 bits per heavy atom. The number of ether oxygens (including phenoxy) is 1. The molecule has 3 rings (SSSR count). The molecule has 6 nitrogen and oxygen atoms in total. The number of benzene rings is 1. The summed E-state index contributed by atoms with van der Waals surface area (Å²) < 4.78 is 10.5. The Morgan fingerprint density at radius 2 is 1.84 bits per heavy atom. The molecule has 3 aromatic rings. The van der Waals surface area contributed by atoms with Crippen LogP contribution in [0.4, 0.5) is 5.00 Å². The number of nitrogens with one attached hydrogen (secondary N) is 1. The number of esters is 1. The smallest absolute Gasteiger partial charge is 0.342 e. The number of rotatable bonds is 7. The maximum absolute atomic E-state index is 13.0. The van der Waals surface area contributed by atoms with Gasteiger partial charge in [-0.2, -0.15) is 0 Å². The van der Waals surface area contributed by atoms with Crippen LogP contribution >= 0.6 is 11.3 Å². The number of carbonyl (C=O) groups excluding carboxylic acids is 2. The highest BCUT2D eigenvalue weighted by atomic mass is 32.1. The van der Waals surface area contributed by atoms with Gasteiger partial charge in [-0.05, 0) is 51.2 Å². The first-order valence-electron chi connectivity index (χ1n) is 10.4. The van der Waals surface area contributed by atoms with Gasteiger partial charge >= 0.3 is 5.97 Å². The molecule has 0 spiro atoms. The van der Waals surface area contributed by atoms with E-state index in [0.717, 1.165) is 22.4 Å². The van der Waals surface area contributed by atoms with Gasteiger partial charge in [0.15, 0.2) is 5.69 Å². The number of amides is 1. The zero-order valence-electron chi connectivity index (χ0n) is 18.7. The van der Waals surface area contributed by atoms with Crippen LogP contribution in [0.15, 0.2) is 34.9 Å². The second-order valence-electron chi connectivity index (χ2n) is 7.90. The lowest BCUT2D eigenvalue weighted by molar-refractivity contribution is 0.0380. The van der Waals surface area contributed by atoms with Crippen molar-refractivity contribution in [3.8, 4) is 11.1 Å². The summed E-state index contributed by atoms with van der Waals surface area (Å²) in [6.45, 7) is 11.6. The van der Waals surface area contributed by atoms with E-state index in [9.17, 15) is 9.59 Å². The number of nitrogens with zero attached hydrogens (tertiary/aromatic N) is 1. The molecule has 0 radical (unpaired) electrons. The molecule has 1 amide bonds. The van der Waals surface area contributed by atoms with Crippen molar-refractivity contribution in [2.24, 2.45) is 0 Å². The molecule has 0 saturated carbocycles. The van der Waals surface area contributed by atoms with Crippen LogP contribution in [0.2, 0.25) is 0 Å². The summed E-state index contributed by atoms with van der Waals surface area (Å²) in [5, 5.41) is 7.02. The van der Waals surface area contributed by atoms with Gasteiger partial charge < -0.3 is 14.6 Å². The van der Waals surface area contributed by atoms with E-state index in [1.54, 1.807) is 26.8 Å². The van der Waals surface area contributed by atoms with Crippen LogP contribution in [0.1, 0.15) is 77.1 Å². The lowest BCUT2D eigenvalue weighted by Crippen LogP contribution is -2.17. The third-order valence-electron chi connectivity index (χ3n) is 5.10. The van der Waals surface area contributed by atoms with E-state index in [1.807, 2.05) is 19.1 Å². The molecule has 0 aliphatic heterocycles. The highest BCUT2D eigenvalue weighted by molar-refractivity contribution is 7.17. The van der Waals surface area contributed by atoms with Gasteiger partial charge in [0.25, 0.3) is 5.91 Å². The molecule has 2 heterocycles. The average Bonchev–Trinajstić information content (AvgIpc) is 3.30. The molecule has 0 saturated heterocycles. The van der Waals surface area contributed by atoms with Crippen LogP contribution in [0.5, 0.6) is 0 Å². The molecular formula is C24H28N2O4S. The standard InChI is InChI=1S/C24H28N2O4S/c1-7-14(4)17-8-10-18(11-9-17)20-16(6)31-23(21(20)24(28)29-13(2)3)25-22(27)19-12-15(5)30-26-19/h8-14H,7H2,1-6H3,(H,25,27). The second-order valence-corrected chi connectivity index (χ2v) is 9.12. The summed E-state index contributed by atoms with van der Waals surface area (Å²) in [5.41, 5.74) is 3.46. The number of aromatic nitrogens is 1. The Hall–Kier alpha value is -2.93. The monoisotopic (exact) mass is 440 g/mol. The predicted octanol–water partition coefficient (Wildman–Crippen LogP) is 6.35. The third kappa shape index (κ3) is 5.05. The minimum atomic E-state index is -0.466. The van der Waals surface area contributed by atoms with E-state index >= 15 is 0 Å². The van der Waals surface area contributed by atoms with E-state index in [4.69, 9.17) is 9.26 Å². The van der Waals surface area contributed by atoms with E-state index < -0.39 is 11.9 Å². The first kappa shape index (κ1) is 22.7. The minimum absolute atomic E-state index is 0.159. The van der Waals surface area contributed by atoms with Gasteiger partial charge in [-0.15, -0.1) is 11.3 Å². The van der Waals surface area contributed by atoms with Gasteiger partial charge in [-0.25, -0.2) is 4.79 Å². The Bertz CT molecular complexity index is 1080. The molecule has 164 valence electrons. The van der Waals surface area contributed by atoms with Crippen molar-refractivity contribution in [3.63, 3.8) is 0 Å². The fourth-order valence-electron chi connectivity index (χ4n) is 3.30. The predicted molar refractivity (Wildman–Crippen MR) is 123 cm³/mol. The zero-order chi connectivity index (χ0) is 22.7. The van der Waals surface area contributed by atoms with Crippen LogP contribution in [0.25, 0.3) is 11.1 Å². The van der Waals surface area contributed by atoms with Crippen molar-refractivity contribution < 1.29 is 18.8 Å². The Kier molecular flexibility index (Phi) is 6.95. The van der Waals surface area contributed by atoms with Gasteiger partial charge in [0, 0.05) is 16.5 Å². The molecule has 1 aromatic carbocycles. The molecule has 0 aliphatic carbocycles. The molecule has 1 atom stereocenters. The second kappa shape index (κ2) is 9.47. The topological polar surface area (TPSA) is 81.4 Å². The van der Waals surface area contributed by atoms with Crippen LogP contribution in [0, 0.1) is 13.8 Å². The zero-order valence-corrected chi connectivity index (χ0v) is 19.6. The lowest BCUT2D eigenvalue weighted by atomic mass is 9.94. The van der Waals surface area contributed by atoms with Crippen LogP contribution < -0.4 is 5.32 Å².